The number of hydrogen-bond donors (Lipinski definition) is 1. The monoisotopic (exact) mass is 230 g/mol. The van der Waals surface area contributed by atoms with Gasteiger partial charge >= 0.3 is 0 Å². The second-order valence-electron chi connectivity index (χ2n) is 4.02. The van der Waals surface area contributed by atoms with Crippen LogP contribution < -0.4 is 5.32 Å². The van der Waals surface area contributed by atoms with Crippen LogP contribution in [0.2, 0.25) is 0 Å². The summed E-state index contributed by atoms with van der Waals surface area (Å²) in [5.41, 5.74) is 1.39. The number of hydrogen-bond acceptors (Lipinski definition) is 4. The Balaban J connectivity index is 1.98. The highest BCUT2D eigenvalue weighted by Gasteiger charge is 2.31. The largest absolute Gasteiger partial charge is 0.440 e. The van der Waals surface area contributed by atoms with Gasteiger partial charge in [0.2, 0.25) is 17.7 Å². The third kappa shape index (κ3) is 1.69. The van der Waals surface area contributed by atoms with Crippen molar-refractivity contribution in [1.82, 2.24) is 10.3 Å². The molecule has 1 aliphatic heterocycles. The minimum atomic E-state index is -0.458. The van der Waals surface area contributed by atoms with Gasteiger partial charge in [-0.1, -0.05) is 12.1 Å². The van der Waals surface area contributed by atoms with Gasteiger partial charge in [0, 0.05) is 6.42 Å². The van der Waals surface area contributed by atoms with Gasteiger partial charge in [0.05, 0.1) is 0 Å². The maximum Gasteiger partial charge on any atom is 0.239 e. The Morgan fingerprint density at radius 3 is 2.88 bits per heavy atom. The SMILES string of the molecule is O=C1CC[C@@H](c2nc3ccccc3o2)C(=O)N1. The second-order valence-corrected chi connectivity index (χ2v) is 4.02. The van der Waals surface area contributed by atoms with E-state index in [1.54, 1.807) is 6.07 Å². The summed E-state index contributed by atoms with van der Waals surface area (Å²) in [6.07, 6.45) is 0.784. The van der Waals surface area contributed by atoms with Crippen LogP contribution >= 0.6 is 0 Å². The third-order valence-corrected chi connectivity index (χ3v) is 2.85. The summed E-state index contributed by atoms with van der Waals surface area (Å²) < 4.78 is 5.53. The number of benzene rings is 1. The Hall–Kier alpha value is -2.17. The summed E-state index contributed by atoms with van der Waals surface area (Å²) in [5, 5.41) is 2.29. The first-order chi connectivity index (χ1) is 8.24. The number of amides is 2. The number of imide groups is 1. The zero-order valence-electron chi connectivity index (χ0n) is 8.97. The highest BCUT2D eigenvalue weighted by Crippen LogP contribution is 2.27. The first-order valence-corrected chi connectivity index (χ1v) is 5.43. The Morgan fingerprint density at radius 1 is 1.29 bits per heavy atom. The lowest BCUT2D eigenvalue weighted by molar-refractivity contribution is -0.134. The van der Waals surface area contributed by atoms with Crippen molar-refractivity contribution in [1.29, 1.82) is 0 Å². The topological polar surface area (TPSA) is 72.2 Å². The predicted molar refractivity (Wildman–Crippen MR) is 59.1 cm³/mol. The second kappa shape index (κ2) is 3.69. The van der Waals surface area contributed by atoms with Crippen molar-refractivity contribution >= 4 is 22.9 Å². The molecule has 1 N–H and O–H groups in total. The lowest BCUT2D eigenvalue weighted by Crippen LogP contribution is -2.39. The Labute approximate surface area is 96.8 Å². The molecular weight excluding hydrogens is 220 g/mol. The highest BCUT2D eigenvalue weighted by molar-refractivity contribution is 6.00. The van der Waals surface area contributed by atoms with Crippen LogP contribution in [-0.4, -0.2) is 16.8 Å². The van der Waals surface area contributed by atoms with E-state index in [1.807, 2.05) is 18.2 Å². The van der Waals surface area contributed by atoms with E-state index in [1.165, 1.54) is 0 Å². The van der Waals surface area contributed by atoms with Crippen molar-refractivity contribution in [2.24, 2.45) is 0 Å². The van der Waals surface area contributed by atoms with E-state index in [0.717, 1.165) is 5.52 Å². The molecule has 1 atom stereocenters. The number of nitrogens with zero attached hydrogens (tertiary/aromatic N) is 1. The van der Waals surface area contributed by atoms with Crippen molar-refractivity contribution in [3.8, 4) is 0 Å². The van der Waals surface area contributed by atoms with E-state index >= 15 is 0 Å². The van der Waals surface area contributed by atoms with E-state index in [9.17, 15) is 9.59 Å². The molecule has 0 aliphatic carbocycles. The third-order valence-electron chi connectivity index (χ3n) is 2.85. The lowest BCUT2D eigenvalue weighted by atomic mass is 9.98. The van der Waals surface area contributed by atoms with Gasteiger partial charge < -0.3 is 4.42 Å². The quantitative estimate of drug-likeness (QED) is 0.750. The van der Waals surface area contributed by atoms with E-state index < -0.39 is 5.92 Å². The number of piperidine rings is 1. The molecule has 1 saturated heterocycles. The van der Waals surface area contributed by atoms with Crippen LogP contribution in [0.3, 0.4) is 0 Å². The summed E-state index contributed by atoms with van der Waals surface area (Å²) in [6, 6.07) is 7.34. The van der Waals surface area contributed by atoms with Gasteiger partial charge in [-0.15, -0.1) is 0 Å². The number of carbonyl (C=O) groups excluding carboxylic acids is 2. The smallest absolute Gasteiger partial charge is 0.239 e. The first-order valence-electron chi connectivity index (χ1n) is 5.43. The molecule has 2 heterocycles. The van der Waals surface area contributed by atoms with E-state index in [4.69, 9.17) is 4.42 Å². The number of para-hydroxylation sites is 2. The van der Waals surface area contributed by atoms with Gasteiger partial charge in [-0.25, -0.2) is 4.98 Å². The summed E-state index contributed by atoms with van der Waals surface area (Å²) in [5.74, 6) is -0.633. The molecule has 0 saturated carbocycles. The van der Waals surface area contributed by atoms with Gasteiger partial charge in [0.25, 0.3) is 0 Å². The van der Waals surface area contributed by atoms with Crippen LogP contribution in [-0.2, 0) is 9.59 Å². The van der Waals surface area contributed by atoms with Crippen molar-refractivity contribution < 1.29 is 14.0 Å². The highest BCUT2D eigenvalue weighted by atomic mass is 16.3. The molecular formula is C12H10N2O3. The number of oxazole rings is 1. The van der Waals surface area contributed by atoms with Crippen LogP contribution in [0.15, 0.2) is 28.7 Å². The number of fused-ring (bicyclic) bond motifs is 1. The van der Waals surface area contributed by atoms with E-state index in [0.29, 0.717) is 24.3 Å². The van der Waals surface area contributed by atoms with Crippen LogP contribution in [0.25, 0.3) is 11.1 Å². The van der Waals surface area contributed by atoms with Crippen LogP contribution in [0, 0.1) is 0 Å². The fourth-order valence-corrected chi connectivity index (χ4v) is 1.97. The molecule has 86 valence electrons. The Bertz CT molecular complexity index is 570. The first kappa shape index (κ1) is 10.0. The number of rotatable bonds is 1. The number of aromatic nitrogens is 1. The van der Waals surface area contributed by atoms with Crippen molar-refractivity contribution in [3.05, 3.63) is 30.2 Å². The molecule has 3 rings (SSSR count). The predicted octanol–water partition coefficient (Wildman–Crippen LogP) is 1.35. The molecule has 5 heteroatoms. The Morgan fingerprint density at radius 2 is 2.12 bits per heavy atom. The average Bonchev–Trinajstić information content (AvgIpc) is 2.72. The van der Waals surface area contributed by atoms with Crippen molar-refractivity contribution in [2.45, 2.75) is 18.8 Å². The molecule has 1 aromatic carbocycles. The molecule has 1 fully saturated rings. The molecule has 0 unspecified atom stereocenters. The number of carbonyl (C=O) groups is 2. The summed E-state index contributed by atoms with van der Waals surface area (Å²) in [6.45, 7) is 0. The van der Waals surface area contributed by atoms with Gasteiger partial charge in [-0.05, 0) is 18.6 Å². The average molecular weight is 230 g/mol. The molecule has 17 heavy (non-hydrogen) atoms. The zero-order valence-corrected chi connectivity index (χ0v) is 8.97. The van der Waals surface area contributed by atoms with Crippen LogP contribution in [0.5, 0.6) is 0 Å². The molecule has 2 amide bonds. The summed E-state index contributed by atoms with van der Waals surface area (Å²) >= 11 is 0. The molecule has 0 spiro atoms. The van der Waals surface area contributed by atoms with Crippen molar-refractivity contribution in [2.75, 3.05) is 0 Å². The summed E-state index contributed by atoms with van der Waals surface area (Å²) in [7, 11) is 0. The van der Waals surface area contributed by atoms with Gasteiger partial charge in [-0.2, -0.15) is 0 Å². The van der Waals surface area contributed by atoms with Gasteiger partial charge in [0.1, 0.15) is 11.4 Å². The van der Waals surface area contributed by atoms with E-state index in [2.05, 4.69) is 10.3 Å². The molecule has 0 radical (unpaired) electrons. The standard InChI is InChI=1S/C12H10N2O3/c15-10-6-5-7(11(16)14-10)12-13-8-3-1-2-4-9(8)17-12/h1-4,7H,5-6H2,(H,14,15,16)/t7-/m1/s1. The van der Waals surface area contributed by atoms with Crippen LogP contribution in [0.4, 0.5) is 0 Å². The minimum absolute atomic E-state index is 0.234. The van der Waals surface area contributed by atoms with Gasteiger partial charge in [-0.3, -0.25) is 14.9 Å². The number of nitrogens with one attached hydrogen (secondary N) is 1. The Kier molecular flexibility index (Phi) is 2.18. The molecule has 1 aromatic heterocycles. The maximum absolute atomic E-state index is 11.7. The molecule has 1 aliphatic rings. The molecule has 5 nitrogen and oxygen atoms in total. The zero-order chi connectivity index (χ0) is 11.8. The van der Waals surface area contributed by atoms with Gasteiger partial charge in [0.15, 0.2) is 5.58 Å². The fourth-order valence-electron chi connectivity index (χ4n) is 1.97. The molecule has 0 bridgehead atoms. The lowest BCUT2D eigenvalue weighted by Gasteiger charge is -2.17. The summed E-state index contributed by atoms with van der Waals surface area (Å²) in [4.78, 5) is 27.0. The van der Waals surface area contributed by atoms with Crippen LogP contribution in [0.1, 0.15) is 24.7 Å². The maximum atomic E-state index is 11.7. The normalized spacial score (nSPS) is 20.6. The van der Waals surface area contributed by atoms with E-state index in [-0.39, 0.29) is 11.8 Å². The van der Waals surface area contributed by atoms with Crippen molar-refractivity contribution in [3.63, 3.8) is 0 Å². The fraction of sp³-hybridized carbons (Fsp3) is 0.250. The minimum Gasteiger partial charge on any atom is -0.440 e. The molecule has 2 aromatic rings.